The molecule has 0 aliphatic carbocycles. The minimum absolute atomic E-state index is 0.824. The van der Waals surface area contributed by atoms with Crippen molar-refractivity contribution in [3.63, 3.8) is 0 Å². The topological polar surface area (TPSA) is 26.0 Å². The van der Waals surface area contributed by atoms with Gasteiger partial charge in [0.15, 0.2) is 0 Å². The van der Waals surface area contributed by atoms with Crippen molar-refractivity contribution in [2.75, 3.05) is 6.54 Å². The van der Waals surface area contributed by atoms with Gasteiger partial charge >= 0.3 is 0 Å². The maximum atomic E-state index is 5.31. The van der Waals surface area contributed by atoms with E-state index in [4.69, 9.17) is 5.73 Å². The first kappa shape index (κ1) is 9.05. The second-order valence-corrected chi connectivity index (χ2v) is 2.32. The molecule has 0 bridgehead atoms. The zero-order chi connectivity index (χ0) is 6.95. The lowest BCUT2D eigenvalue weighted by Crippen LogP contribution is -1.97. The first-order valence-electron chi connectivity index (χ1n) is 3.41. The van der Waals surface area contributed by atoms with Gasteiger partial charge in [0.1, 0.15) is 0 Å². The molecule has 1 nitrogen and oxygen atoms in total. The average molecular weight is 145 g/mol. The van der Waals surface area contributed by atoms with E-state index in [1.165, 1.54) is 12.8 Å². The molecular weight excluding hydrogens is 130 g/mol. The predicted octanol–water partition coefficient (Wildman–Crippen LogP) is 1.95. The Morgan fingerprint density at radius 3 is 2.56 bits per heavy atom. The maximum absolute atomic E-state index is 5.31. The summed E-state index contributed by atoms with van der Waals surface area (Å²) >= 11 is 3.94. The number of rotatable bonds is 5. The average Bonchev–Trinajstić information content (AvgIpc) is 1.89. The van der Waals surface area contributed by atoms with Gasteiger partial charge in [0.25, 0.3) is 0 Å². The third-order valence-electron chi connectivity index (χ3n) is 1.18. The van der Waals surface area contributed by atoms with Crippen LogP contribution in [0.1, 0.15) is 25.7 Å². The van der Waals surface area contributed by atoms with Crippen LogP contribution in [0, 0.1) is 0 Å². The van der Waals surface area contributed by atoms with E-state index >= 15 is 0 Å². The third-order valence-corrected chi connectivity index (χ3v) is 1.39. The van der Waals surface area contributed by atoms with Crippen molar-refractivity contribution in [2.45, 2.75) is 25.7 Å². The van der Waals surface area contributed by atoms with Gasteiger partial charge in [-0.1, -0.05) is 12.5 Å². The highest BCUT2D eigenvalue weighted by atomic mass is 32.1. The molecule has 2 heteroatoms. The summed E-state index contributed by atoms with van der Waals surface area (Å²) in [6, 6.07) is 0. The SMILES string of the molecule is NCCCCCC=CS. The second kappa shape index (κ2) is 8.05. The fourth-order valence-electron chi connectivity index (χ4n) is 0.658. The molecule has 0 saturated carbocycles. The van der Waals surface area contributed by atoms with Gasteiger partial charge in [-0.3, -0.25) is 0 Å². The highest BCUT2D eigenvalue weighted by molar-refractivity contribution is 7.83. The largest absolute Gasteiger partial charge is 0.330 e. The Hall–Kier alpha value is 0.0500. The number of hydrogen-bond donors (Lipinski definition) is 2. The molecule has 0 rings (SSSR count). The van der Waals surface area contributed by atoms with E-state index in [1.807, 2.05) is 0 Å². The molecule has 0 aliphatic heterocycles. The van der Waals surface area contributed by atoms with Crippen molar-refractivity contribution in [1.29, 1.82) is 0 Å². The summed E-state index contributed by atoms with van der Waals surface area (Å²) in [6.45, 7) is 0.824. The molecule has 54 valence electrons. The highest BCUT2D eigenvalue weighted by Gasteiger charge is 1.82. The Morgan fingerprint density at radius 1 is 1.22 bits per heavy atom. The summed E-state index contributed by atoms with van der Waals surface area (Å²) < 4.78 is 0. The zero-order valence-corrected chi connectivity index (χ0v) is 6.61. The van der Waals surface area contributed by atoms with Crippen molar-refractivity contribution >= 4 is 12.6 Å². The summed E-state index contributed by atoms with van der Waals surface area (Å²) in [7, 11) is 0. The van der Waals surface area contributed by atoms with Gasteiger partial charge in [0.05, 0.1) is 0 Å². The molecular formula is C7H15NS. The van der Waals surface area contributed by atoms with Crippen molar-refractivity contribution < 1.29 is 0 Å². The molecule has 0 saturated heterocycles. The van der Waals surface area contributed by atoms with Gasteiger partial charge in [-0.05, 0) is 31.2 Å². The Labute approximate surface area is 62.7 Å². The van der Waals surface area contributed by atoms with Crippen molar-refractivity contribution in [3.8, 4) is 0 Å². The van der Waals surface area contributed by atoms with E-state index in [0.29, 0.717) is 0 Å². The van der Waals surface area contributed by atoms with Crippen LogP contribution in [0.2, 0.25) is 0 Å². The predicted molar refractivity (Wildman–Crippen MR) is 45.6 cm³/mol. The Balaban J connectivity index is 2.75. The number of thiol groups is 1. The minimum Gasteiger partial charge on any atom is -0.330 e. The number of hydrogen-bond acceptors (Lipinski definition) is 2. The van der Waals surface area contributed by atoms with Gasteiger partial charge in [-0.15, -0.1) is 0 Å². The maximum Gasteiger partial charge on any atom is -0.00773 e. The number of allylic oxidation sites excluding steroid dienone is 1. The summed E-state index contributed by atoms with van der Waals surface area (Å²) in [5.74, 6) is 0. The monoisotopic (exact) mass is 145 g/mol. The van der Waals surface area contributed by atoms with Crippen molar-refractivity contribution in [3.05, 3.63) is 11.5 Å². The molecule has 2 N–H and O–H groups in total. The van der Waals surface area contributed by atoms with E-state index < -0.39 is 0 Å². The lowest BCUT2D eigenvalue weighted by Gasteiger charge is -1.92. The highest BCUT2D eigenvalue weighted by Crippen LogP contribution is 1.99. The van der Waals surface area contributed by atoms with Crippen LogP contribution in [0.3, 0.4) is 0 Å². The van der Waals surface area contributed by atoms with E-state index in [0.717, 1.165) is 19.4 Å². The molecule has 0 fully saturated rings. The van der Waals surface area contributed by atoms with Crippen LogP contribution in [0.5, 0.6) is 0 Å². The fraction of sp³-hybridized carbons (Fsp3) is 0.714. The van der Waals surface area contributed by atoms with Crippen molar-refractivity contribution in [2.24, 2.45) is 5.73 Å². The molecule has 0 aromatic heterocycles. The Bertz CT molecular complexity index is 71.3. The van der Waals surface area contributed by atoms with Gasteiger partial charge in [0, 0.05) is 0 Å². The summed E-state index contributed by atoms with van der Waals surface area (Å²) in [5, 5.41) is 1.79. The molecule has 0 radical (unpaired) electrons. The van der Waals surface area contributed by atoms with E-state index in [-0.39, 0.29) is 0 Å². The van der Waals surface area contributed by atoms with E-state index in [1.54, 1.807) is 5.41 Å². The number of unbranched alkanes of at least 4 members (excludes halogenated alkanes) is 3. The van der Waals surface area contributed by atoms with Gasteiger partial charge in [-0.25, -0.2) is 0 Å². The van der Waals surface area contributed by atoms with Crippen LogP contribution in [-0.2, 0) is 0 Å². The minimum atomic E-state index is 0.824. The Morgan fingerprint density at radius 2 is 2.00 bits per heavy atom. The number of nitrogens with two attached hydrogens (primary N) is 1. The Kier molecular flexibility index (Phi) is 8.09. The van der Waals surface area contributed by atoms with Crippen LogP contribution in [0.4, 0.5) is 0 Å². The first-order valence-corrected chi connectivity index (χ1v) is 3.92. The lowest BCUT2D eigenvalue weighted by atomic mass is 10.2. The molecule has 0 aliphatic rings. The molecule has 0 aromatic carbocycles. The van der Waals surface area contributed by atoms with Crippen molar-refractivity contribution in [1.82, 2.24) is 0 Å². The van der Waals surface area contributed by atoms with Crippen LogP contribution in [0.15, 0.2) is 11.5 Å². The molecule has 0 aromatic rings. The van der Waals surface area contributed by atoms with Gasteiger partial charge in [0.2, 0.25) is 0 Å². The van der Waals surface area contributed by atoms with Crippen LogP contribution in [-0.4, -0.2) is 6.54 Å². The molecule has 0 unspecified atom stereocenters. The van der Waals surface area contributed by atoms with Crippen LogP contribution >= 0.6 is 12.6 Å². The lowest BCUT2D eigenvalue weighted by molar-refractivity contribution is 0.696. The summed E-state index contributed by atoms with van der Waals surface area (Å²) in [5.41, 5.74) is 5.31. The fourth-order valence-corrected chi connectivity index (χ4v) is 0.807. The third kappa shape index (κ3) is 8.05. The summed E-state index contributed by atoms with van der Waals surface area (Å²) in [4.78, 5) is 0. The molecule has 0 atom stereocenters. The molecule has 0 spiro atoms. The van der Waals surface area contributed by atoms with E-state index in [9.17, 15) is 0 Å². The molecule has 0 heterocycles. The van der Waals surface area contributed by atoms with Crippen LogP contribution in [0.25, 0.3) is 0 Å². The van der Waals surface area contributed by atoms with Crippen LogP contribution < -0.4 is 5.73 Å². The first-order chi connectivity index (χ1) is 4.41. The quantitative estimate of drug-likeness (QED) is 0.449. The summed E-state index contributed by atoms with van der Waals surface area (Å²) in [6.07, 6.45) is 6.85. The zero-order valence-electron chi connectivity index (χ0n) is 5.71. The van der Waals surface area contributed by atoms with E-state index in [2.05, 4.69) is 18.7 Å². The second-order valence-electron chi connectivity index (χ2n) is 2.02. The van der Waals surface area contributed by atoms with Gasteiger partial charge in [-0.2, -0.15) is 12.6 Å². The van der Waals surface area contributed by atoms with Gasteiger partial charge < -0.3 is 5.73 Å². The normalized spacial score (nSPS) is 10.9. The smallest absolute Gasteiger partial charge is 0.00773 e. The molecule has 9 heavy (non-hydrogen) atoms. The standard InChI is InChI=1S/C7H15NS/c8-6-4-2-1-3-5-7-9/h5,7,9H,1-4,6,8H2. The molecule has 0 amide bonds.